The van der Waals surface area contributed by atoms with E-state index in [9.17, 15) is 19.2 Å². The first kappa shape index (κ1) is 37.1. The number of unbranched alkanes of at least 4 members (excludes halogenated alkanes) is 2. The van der Waals surface area contributed by atoms with Gasteiger partial charge in [0, 0.05) is 6.42 Å². The number of carbonyl (C=O) groups excluding carboxylic acids is 4. The number of methoxy groups -OCH3 is 1. The lowest BCUT2D eigenvalue weighted by Crippen LogP contribution is -2.44. The standard InChI is InChI=1S/C29H37N3O4.C11H12ClNO/c1-36-29(35)13-3-2-8-18-32(19-27(33)30-25-16-14-21-9-4-6-11-23(21)25)20-28(34)31-26-17-15-22-10-5-7-12-24(22)26;12-7-11(14)13-10-6-5-8-3-1-2-4-9(8)10/h4-7,9-12,25-26H,2-3,8,13-20H2,1H3,(H,30,33)(H,31,34);1-4,10H,5-7H2,(H,13,14). The van der Waals surface area contributed by atoms with Crippen LogP contribution in [-0.4, -0.2) is 61.2 Å². The maximum Gasteiger partial charge on any atom is 0.305 e. The van der Waals surface area contributed by atoms with Gasteiger partial charge in [-0.1, -0.05) is 79.2 Å². The van der Waals surface area contributed by atoms with Crippen molar-refractivity contribution in [3.8, 4) is 0 Å². The van der Waals surface area contributed by atoms with Crippen LogP contribution >= 0.6 is 11.6 Å². The number of nitrogens with one attached hydrogen (secondary N) is 3. The molecule has 0 aromatic heterocycles. The van der Waals surface area contributed by atoms with Gasteiger partial charge in [0.05, 0.1) is 38.3 Å². The molecule has 0 heterocycles. The zero-order chi connectivity index (χ0) is 35.3. The van der Waals surface area contributed by atoms with E-state index in [1.807, 2.05) is 41.3 Å². The molecule has 266 valence electrons. The van der Waals surface area contributed by atoms with Gasteiger partial charge < -0.3 is 20.7 Å². The number of hydrogen-bond donors (Lipinski definition) is 3. The topological polar surface area (TPSA) is 117 Å². The average Bonchev–Trinajstić information content (AvgIpc) is 3.85. The van der Waals surface area contributed by atoms with Gasteiger partial charge in [-0.15, -0.1) is 11.6 Å². The van der Waals surface area contributed by atoms with Gasteiger partial charge in [-0.3, -0.25) is 24.1 Å². The smallest absolute Gasteiger partial charge is 0.305 e. The van der Waals surface area contributed by atoms with Crippen molar-refractivity contribution in [2.45, 2.75) is 82.3 Å². The Kier molecular flexibility index (Phi) is 13.9. The number of ether oxygens (including phenoxy) is 1. The van der Waals surface area contributed by atoms with E-state index in [-0.39, 0.29) is 60.8 Å². The summed E-state index contributed by atoms with van der Waals surface area (Å²) < 4.78 is 4.70. The highest BCUT2D eigenvalue weighted by Crippen LogP contribution is 2.32. The van der Waals surface area contributed by atoms with Gasteiger partial charge >= 0.3 is 5.97 Å². The molecule has 3 unspecified atom stereocenters. The molecule has 6 rings (SSSR count). The number of halogens is 1. The summed E-state index contributed by atoms with van der Waals surface area (Å²) in [6.07, 6.45) is 8.53. The Morgan fingerprint density at radius 3 is 1.48 bits per heavy atom. The molecule has 0 bridgehead atoms. The van der Waals surface area contributed by atoms with Crippen LogP contribution in [0.25, 0.3) is 0 Å². The molecule has 9 nitrogen and oxygen atoms in total. The normalized spacial score (nSPS) is 18.3. The highest BCUT2D eigenvalue weighted by atomic mass is 35.5. The minimum atomic E-state index is -0.209. The van der Waals surface area contributed by atoms with Crippen molar-refractivity contribution in [1.82, 2.24) is 20.9 Å². The van der Waals surface area contributed by atoms with Crippen LogP contribution in [0.5, 0.6) is 0 Å². The minimum absolute atomic E-state index is 0.0272. The van der Waals surface area contributed by atoms with E-state index in [2.05, 4.69) is 52.3 Å². The molecule has 10 heteroatoms. The number of aryl methyl sites for hydroxylation is 3. The molecule has 0 radical (unpaired) electrons. The van der Waals surface area contributed by atoms with E-state index in [0.29, 0.717) is 13.0 Å². The summed E-state index contributed by atoms with van der Waals surface area (Å²) in [6, 6.07) is 24.9. The molecule has 0 saturated heterocycles. The van der Waals surface area contributed by atoms with Crippen molar-refractivity contribution >= 4 is 35.3 Å². The Hall–Kier alpha value is -4.21. The fourth-order valence-corrected chi connectivity index (χ4v) is 7.42. The second-order valence-electron chi connectivity index (χ2n) is 13.3. The van der Waals surface area contributed by atoms with Gasteiger partial charge in [-0.05, 0) is 91.3 Å². The van der Waals surface area contributed by atoms with Crippen molar-refractivity contribution < 1.29 is 23.9 Å². The molecule has 50 heavy (non-hydrogen) atoms. The number of carbonyl (C=O) groups is 4. The molecule has 3 N–H and O–H groups in total. The van der Waals surface area contributed by atoms with E-state index in [4.69, 9.17) is 16.3 Å². The zero-order valence-corrected chi connectivity index (χ0v) is 29.7. The number of esters is 1. The first-order valence-electron chi connectivity index (χ1n) is 17.8. The Balaban J connectivity index is 0.000000288. The van der Waals surface area contributed by atoms with Gasteiger partial charge in [0.2, 0.25) is 17.7 Å². The second kappa shape index (κ2) is 18.7. The third kappa shape index (κ3) is 10.4. The number of benzene rings is 3. The molecule has 3 atom stereocenters. The first-order chi connectivity index (χ1) is 24.3. The fraction of sp³-hybridized carbons (Fsp3) is 0.450. The minimum Gasteiger partial charge on any atom is -0.469 e. The van der Waals surface area contributed by atoms with Gasteiger partial charge in [0.25, 0.3) is 0 Å². The number of hydrogen-bond acceptors (Lipinski definition) is 6. The largest absolute Gasteiger partial charge is 0.469 e. The van der Waals surface area contributed by atoms with E-state index >= 15 is 0 Å². The summed E-state index contributed by atoms with van der Waals surface area (Å²) in [4.78, 5) is 50.4. The van der Waals surface area contributed by atoms with Crippen LogP contribution in [0.1, 0.15) is 96.5 Å². The Morgan fingerprint density at radius 1 is 0.640 bits per heavy atom. The van der Waals surface area contributed by atoms with Gasteiger partial charge in [0.15, 0.2) is 0 Å². The SMILES string of the molecule is COC(=O)CCCCCN(CC(=O)NC1CCc2ccccc21)CC(=O)NC1CCc2ccccc21.O=C(CCl)NC1CCc2ccccc21. The van der Waals surface area contributed by atoms with Crippen molar-refractivity contribution in [3.63, 3.8) is 0 Å². The molecule has 3 aromatic carbocycles. The fourth-order valence-electron chi connectivity index (χ4n) is 7.34. The maximum absolute atomic E-state index is 13.0. The summed E-state index contributed by atoms with van der Waals surface area (Å²) in [6.45, 7) is 0.958. The van der Waals surface area contributed by atoms with Gasteiger partial charge in [-0.25, -0.2) is 0 Å². The van der Waals surface area contributed by atoms with Crippen LogP contribution in [0.2, 0.25) is 0 Å². The summed E-state index contributed by atoms with van der Waals surface area (Å²) in [5.41, 5.74) is 7.55. The monoisotopic (exact) mass is 700 g/mol. The molecule has 3 amide bonds. The number of fused-ring (bicyclic) bond motifs is 3. The number of rotatable bonds is 14. The van der Waals surface area contributed by atoms with Crippen molar-refractivity contribution in [2.75, 3.05) is 32.6 Å². The van der Waals surface area contributed by atoms with Gasteiger partial charge in [0.1, 0.15) is 5.88 Å². The van der Waals surface area contributed by atoms with Crippen LogP contribution < -0.4 is 16.0 Å². The molecule has 0 fully saturated rings. The molecular formula is C40H49ClN4O5. The molecule has 3 aliphatic carbocycles. The molecular weight excluding hydrogens is 652 g/mol. The quantitative estimate of drug-likeness (QED) is 0.114. The Morgan fingerprint density at radius 2 is 1.06 bits per heavy atom. The second-order valence-corrected chi connectivity index (χ2v) is 13.6. The summed E-state index contributed by atoms with van der Waals surface area (Å²) in [5.74, 6) is -0.387. The Labute approximate surface area is 300 Å². The van der Waals surface area contributed by atoms with E-state index in [1.54, 1.807) is 0 Å². The van der Waals surface area contributed by atoms with Crippen molar-refractivity contribution in [2.24, 2.45) is 0 Å². The van der Waals surface area contributed by atoms with Crippen LogP contribution in [0.3, 0.4) is 0 Å². The lowest BCUT2D eigenvalue weighted by atomic mass is 10.1. The van der Waals surface area contributed by atoms with Crippen molar-refractivity contribution in [3.05, 3.63) is 106 Å². The predicted molar refractivity (Wildman–Crippen MR) is 195 cm³/mol. The van der Waals surface area contributed by atoms with Crippen LogP contribution in [0.4, 0.5) is 0 Å². The molecule has 3 aromatic rings. The molecule has 0 aliphatic heterocycles. The maximum atomic E-state index is 13.0. The molecule has 0 spiro atoms. The van der Waals surface area contributed by atoms with E-state index < -0.39 is 0 Å². The predicted octanol–water partition coefficient (Wildman–Crippen LogP) is 5.66. The summed E-state index contributed by atoms with van der Waals surface area (Å²) in [7, 11) is 1.40. The lowest BCUT2D eigenvalue weighted by Gasteiger charge is -2.24. The number of alkyl halides is 1. The molecule has 0 saturated carbocycles. The van der Waals surface area contributed by atoms with Gasteiger partial charge in [-0.2, -0.15) is 0 Å². The third-order valence-corrected chi connectivity index (χ3v) is 10.1. The number of nitrogens with zero attached hydrogens (tertiary/aromatic N) is 1. The van der Waals surface area contributed by atoms with E-state index in [0.717, 1.165) is 57.8 Å². The zero-order valence-electron chi connectivity index (χ0n) is 28.9. The average molecular weight is 701 g/mol. The molecule has 3 aliphatic rings. The van der Waals surface area contributed by atoms with E-state index in [1.165, 1.54) is 40.5 Å². The summed E-state index contributed by atoms with van der Waals surface area (Å²) >= 11 is 5.45. The number of amides is 3. The third-order valence-electron chi connectivity index (χ3n) is 9.84. The first-order valence-corrected chi connectivity index (χ1v) is 18.3. The van der Waals surface area contributed by atoms with Crippen molar-refractivity contribution in [1.29, 1.82) is 0 Å². The highest BCUT2D eigenvalue weighted by molar-refractivity contribution is 6.27. The van der Waals surface area contributed by atoms with Crippen LogP contribution in [0, 0.1) is 0 Å². The Bertz CT molecular complexity index is 1560. The van der Waals surface area contributed by atoms with Crippen LogP contribution in [0.15, 0.2) is 72.8 Å². The summed E-state index contributed by atoms with van der Waals surface area (Å²) in [5, 5.41) is 9.26. The van der Waals surface area contributed by atoms with Crippen LogP contribution in [-0.2, 0) is 43.2 Å². The lowest BCUT2D eigenvalue weighted by molar-refractivity contribution is -0.140. The highest BCUT2D eigenvalue weighted by Gasteiger charge is 2.27.